The number of hydrogen-bond donors (Lipinski definition) is 2. The Hall–Kier alpha value is -0.720. The van der Waals surface area contributed by atoms with Gasteiger partial charge in [0, 0.05) is 26.1 Å². The third-order valence-electron chi connectivity index (χ3n) is 2.52. The minimum absolute atomic E-state index is 0.000880. The van der Waals surface area contributed by atoms with Crippen LogP contribution in [0.15, 0.2) is 0 Å². The van der Waals surface area contributed by atoms with E-state index in [1.807, 2.05) is 6.92 Å². The number of likely N-dealkylation sites (N-methyl/N-ethyl adjacent to an activating group) is 2. The van der Waals surface area contributed by atoms with Crippen LogP contribution in [-0.4, -0.2) is 65.6 Å². The molecule has 0 aliphatic rings. The highest BCUT2D eigenvalue weighted by Gasteiger charge is 2.15. The van der Waals surface area contributed by atoms with Gasteiger partial charge in [-0.1, -0.05) is 12.2 Å². The molecule has 0 aliphatic carbocycles. The van der Waals surface area contributed by atoms with E-state index in [1.54, 1.807) is 23.9 Å². The van der Waals surface area contributed by atoms with Gasteiger partial charge in [-0.25, -0.2) is 0 Å². The fourth-order valence-corrected chi connectivity index (χ4v) is 1.12. The number of aliphatic hydroxyl groups is 1. The standard InChI is InChI=1S/C10H21N3O2S/c1-8(7-14)13(3)6-10(15)12(2)5-4-9(11)16/h8,14H,4-7H2,1-3H3,(H2,11,16). The van der Waals surface area contributed by atoms with Crippen molar-refractivity contribution in [1.29, 1.82) is 0 Å². The highest BCUT2D eigenvalue weighted by molar-refractivity contribution is 7.80. The molecule has 0 spiro atoms. The van der Waals surface area contributed by atoms with Crippen molar-refractivity contribution in [3.63, 3.8) is 0 Å². The molecular weight excluding hydrogens is 226 g/mol. The molecule has 6 heteroatoms. The van der Waals surface area contributed by atoms with Crippen molar-refractivity contribution in [3.8, 4) is 0 Å². The van der Waals surface area contributed by atoms with Gasteiger partial charge in [0.2, 0.25) is 5.91 Å². The summed E-state index contributed by atoms with van der Waals surface area (Å²) in [6, 6.07) is -0.0204. The summed E-state index contributed by atoms with van der Waals surface area (Å²) in [6.07, 6.45) is 0.539. The Morgan fingerprint density at radius 1 is 1.50 bits per heavy atom. The van der Waals surface area contributed by atoms with E-state index < -0.39 is 0 Å². The number of hydrogen-bond acceptors (Lipinski definition) is 4. The van der Waals surface area contributed by atoms with Crippen molar-refractivity contribution >= 4 is 23.1 Å². The summed E-state index contributed by atoms with van der Waals surface area (Å²) in [4.78, 5) is 15.5. The number of carbonyl (C=O) groups excluding carboxylic acids is 1. The molecule has 0 heterocycles. The van der Waals surface area contributed by atoms with Crippen LogP contribution in [0.2, 0.25) is 0 Å². The maximum absolute atomic E-state index is 11.7. The number of thiocarbonyl (C=S) groups is 1. The van der Waals surface area contributed by atoms with Crippen LogP contribution in [0.4, 0.5) is 0 Å². The number of aliphatic hydroxyl groups excluding tert-OH is 1. The van der Waals surface area contributed by atoms with E-state index >= 15 is 0 Å². The van der Waals surface area contributed by atoms with Gasteiger partial charge in [0.05, 0.1) is 18.1 Å². The van der Waals surface area contributed by atoms with Crippen LogP contribution in [0.3, 0.4) is 0 Å². The van der Waals surface area contributed by atoms with Crippen molar-refractivity contribution in [2.75, 3.05) is 33.8 Å². The number of nitrogens with zero attached hydrogens (tertiary/aromatic N) is 2. The van der Waals surface area contributed by atoms with Gasteiger partial charge in [0.25, 0.3) is 0 Å². The molecule has 0 bridgehead atoms. The van der Waals surface area contributed by atoms with E-state index in [9.17, 15) is 4.79 Å². The summed E-state index contributed by atoms with van der Waals surface area (Å²) in [5, 5.41) is 8.93. The van der Waals surface area contributed by atoms with Gasteiger partial charge in [-0.2, -0.15) is 0 Å². The molecule has 0 saturated carbocycles. The van der Waals surface area contributed by atoms with Gasteiger partial charge in [0.1, 0.15) is 0 Å². The molecule has 0 aromatic carbocycles. The van der Waals surface area contributed by atoms with Crippen LogP contribution in [0, 0.1) is 0 Å². The highest BCUT2D eigenvalue weighted by atomic mass is 32.1. The SMILES string of the molecule is CC(CO)N(C)CC(=O)N(C)CCC(N)=S. The van der Waals surface area contributed by atoms with Crippen molar-refractivity contribution in [2.45, 2.75) is 19.4 Å². The van der Waals surface area contributed by atoms with Gasteiger partial charge >= 0.3 is 0 Å². The van der Waals surface area contributed by atoms with Crippen LogP contribution in [0.5, 0.6) is 0 Å². The van der Waals surface area contributed by atoms with Crippen LogP contribution in [0.25, 0.3) is 0 Å². The molecular formula is C10H21N3O2S. The van der Waals surface area contributed by atoms with Crippen molar-refractivity contribution < 1.29 is 9.90 Å². The van der Waals surface area contributed by atoms with Crippen LogP contribution >= 0.6 is 12.2 Å². The Morgan fingerprint density at radius 3 is 2.50 bits per heavy atom. The quantitative estimate of drug-likeness (QED) is 0.590. The predicted octanol–water partition coefficient (Wildman–Crippen LogP) is -0.566. The number of carbonyl (C=O) groups is 1. The molecule has 1 atom stereocenters. The van der Waals surface area contributed by atoms with Crippen molar-refractivity contribution in [1.82, 2.24) is 9.80 Å². The van der Waals surface area contributed by atoms with Crippen molar-refractivity contribution in [3.05, 3.63) is 0 Å². The highest BCUT2D eigenvalue weighted by Crippen LogP contribution is 1.97. The van der Waals surface area contributed by atoms with E-state index in [0.717, 1.165) is 0 Å². The van der Waals surface area contributed by atoms with E-state index in [2.05, 4.69) is 0 Å². The molecule has 0 fully saturated rings. The summed E-state index contributed by atoms with van der Waals surface area (Å²) in [5.74, 6) is -0.000880. The van der Waals surface area contributed by atoms with Gasteiger partial charge in [0.15, 0.2) is 0 Å². The summed E-state index contributed by atoms with van der Waals surface area (Å²) in [5.41, 5.74) is 5.36. The largest absolute Gasteiger partial charge is 0.395 e. The zero-order chi connectivity index (χ0) is 12.7. The second kappa shape index (κ2) is 7.54. The molecule has 5 nitrogen and oxygen atoms in total. The Balaban J connectivity index is 4.00. The molecule has 0 aromatic heterocycles. The third kappa shape index (κ3) is 5.99. The first-order valence-corrected chi connectivity index (χ1v) is 5.62. The lowest BCUT2D eigenvalue weighted by molar-refractivity contribution is -0.131. The summed E-state index contributed by atoms with van der Waals surface area (Å²) in [7, 11) is 3.53. The third-order valence-corrected chi connectivity index (χ3v) is 2.72. The Labute approximate surface area is 102 Å². The van der Waals surface area contributed by atoms with Gasteiger partial charge < -0.3 is 15.7 Å². The lowest BCUT2D eigenvalue weighted by Crippen LogP contribution is -2.42. The average Bonchev–Trinajstić information content (AvgIpc) is 2.24. The normalized spacial score (nSPS) is 12.6. The van der Waals surface area contributed by atoms with E-state index in [4.69, 9.17) is 23.1 Å². The Bertz CT molecular complexity index is 248. The van der Waals surface area contributed by atoms with Crippen LogP contribution in [0.1, 0.15) is 13.3 Å². The van der Waals surface area contributed by atoms with E-state index in [1.165, 1.54) is 0 Å². The smallest absolute Gasteiger partial charge is 0.236 e. The minimum atomic E-state index is -0.0204. The molecule has 3 N–H and O–H groups in total. The lowest BCUT2D eigenvalue weighted by Gasteiger charge is -2.25. The zero-order valence-electron chi connectivity index (χ0n) is 10.1. The second-order valence-corrected chi connectivity index (χ2v) is 4.50. The van der Waals surface area contributed by atoms with Gasteiger partial charge in [-0.15, -0.1) is 0 Å². The zero-order valence-corrected chi connectivity index (χ0v) is 11.0. The first kappa shape index (κ1) is 15.3. The van der Waals surface area contributed by atoms with Crippen LogP contribution < -0.4 is 5.73 Å². The lowest BCUT2D eigenvalue weighted by atomic mass is 10.3. The fraction of sp³-hybridized carbons (Fsp3) is 0.800. The van der Waals surface area contributed by atoms with Gasteiger partial charge in [-0.05, 0) is 14.0 Å². The number of amides is 1. The number of nitrogens with two attached hydrogens (primary N) is 1. The Morgan fingerprint density at radius 2 is 2.06 bits per heavy atom. The first-order chi connectivity index (χ1) is 7.38. The van der Waals surface area contributed by atoms with Crippen molar-refractivity contribution in [2.24, 2.45) is 5.73 Å². The molecule has 1 amide bonds. The summed E-state index contributed by atoms with van der Waals surface area (Å²) >= 11 is 4.74. The summed E-state index contributed by atoms with van der Waals surface area (Å²) < 4.78 is 0. The summed E-state index contributed by atoms with van der Waals surface area (Å²) in [6.45, 7) is 2.73. The monoisotopic (exact) mass is 247 g/mol. The molecule has 16 heavy (non-hydrogen) atoms. The molecule has 1 unspecified atom stereocenters. The molecule has 0 saturated heterocycles. The minimum Gasteiger partial charge on any atom is -0.395 e. The predicted molar refractivity (Wildman–Crippen MR) is 68.2 cm³/mol. The Kier molecular flexibility index (Phi) is 7.20. The van der Waals surface area contributed by atoms with E-state index in [-0.39, 0.29) is 25.1 Å². The average molecular weight is 247 g/mol. The second-order valence-electron chi connectivity index (χ2n) is 3.98. The molecule has 0 aliphatic heterocycles. The molecule has 0 rings (SSSR count). The van der Waals surface area contributed by atoms with E-state index in [0.29, 0.717) is 18.0 Å². The molecule has 0 radical (unpaired) electrons. The molecule has 94 valence electrons. The topological polar surface area (TPSA) is 69.8 Å². The molecule has 0 aromatic rings. The van der Waals surface area contributed by atoms with Gasteiger partial charge in [-0.3, -0.25) is 9.69 Å². The first-order valence-electron chi connectivity index (χ1n) is 5.21. The number of rotatable bonds is 7. The van der Waals surface area contributed by atoms with Crippen LogP contribution in [-0.2, 0) is 4.79 Å². The fourth-order valence-electron chi connectivity index (χ4n) is 1.03. The maximum Gasteiger partial charge on any atom is 0.236 e. The maximum atomic E-state index is 11.7.